The van der Waals surface area contributed by atoms with Crippen molar-refractivity contribution in [2.24, 2.45) is 0 Å². The minimum Gasteiger partial charge on any atom is -0.394 e. The molecule has 0 spiro atoms. The van der Waals surface area contributed by atoms with Crippen molar-refractivity contribution in [3.8, 4) is 12.3 Å². The van der Waals surface area contributed by atoms with E-state index in [1.54, 1.807) is 0 Å². The number of nitrogens with zero attached hydrogens (tertiary/aromatic N) is 2. The highest BCUT2D eigenvalue weighted by atomic mass is 32.1. The van der Waals surface area contributed by atoms with E-state index in [-0.39, 0.29) is 4.77 Å². The lowest BCUT2D eigenvalue weighted by atomic mass is 9.95. The van der Waals surface area contributed by atoms with Gasteiger partial charge in [0.05, 0.1) is 6.61 Å². The number of ether oxygens (including phenoxy) is 1. The molecule has 0 aliphatic carbocycles. The molecule has 0 aromatic carbocycles. The standard InChI is InChI=1S/C11H12FN3O4S/c1-2-11(18)7(17)6(4-16)19-9(11)15-3-5(12)8(13)14-10(15)20/h1,3,6-7,9,16-18H,4H2,(H2,13,14,20)/t6-,7+,9-,11?/m1/s1. The van der Waals surface area contributed by atoms with Gasteiger partial charge in [0, 0.05) is 6.20 Å². The first kappa shape index (κ1) is 14.8. The smallest absolute Gasteiger partial charge is 0.203 e. The maximum atomic E-state index is 13.5. The van der Waals surface area contributed by atoms with Crippen molar-refractivity contribution in [2.45, 2.75) is 24.0 Å². The largest absolute Gasteiger partial charge is 0.394 e. The average molecular weight is 301 g/mol. The summed E-state index contributed by atoms with van der Waals surface area (Å²) < 4.78 is 19.5. The first-order valence-electron chi connectivity index (χ1n) is 5.53. The van der Waals surface area contributed by atoms with Gasteiger partial charge in [0.1, 0.15) is 12.2 Å². The minimum absolute atomic E-state index is 0.187. The SMILES string of the molecule is C#CC1(O)[C@@H](O)[C@@H](CO)O[C@H]1n1cc(F)c(N)nc1=S. The van der Waals surface area contributed by atoms with Crippen LogP contribution in [0, 0.1) is 22.9 Å². The minimum atomic E-state index is -2.18. The molecule has 0 saturated carbocycles. The van der Waals surface area contributed by atoms with Crippen molar-refractivity contribution >= 4 is 18.0 Å². The van der Waals surface area contributed by atoms with Gasteiger partial charge in [0.15, 0.2) is 23.5 Å². The number of aromatic nitrogens is 2. The number of anilines is 1. The highest BCUT2D eigenvalue weighted by Crippen LogP contribution is 2.38. The quantitative estimate of drug-likeness (QED) is 0.407. The first-order valence-corrected chi connectivity index (χ1v) is 5.94. The van der Waals surface area contributed by atoms with Crippen molar-refractivity contribution in [3.05, 3.63) is 16.8 Å². The maximum Gasteiger partial charge on any atom is 0.203 e. The number of aliphatic hydroxyl groups excluding tert-OH is 2. The fraction of sp³-hybridized carbons (Fsp3) is 0.455. The Morgan fingerprint density at radius 3 is 2.90 bits per heavy atom. The summed E-state index contributed by atoms with van der Waals surface area (Å²) in [6, 6.07) is 0. The lowest BCUT2D eigenvalue weighted by Gasteiger charge is -2.26. The van der Waals surface area contributed by atoms with Gasteiger partial charge in [-0.25, -0.2) is 4.39 Å². The van der Waals surface area contributed by atoms with E-state index >= 15 is 0 Å². The summed E-state index contributed by atoms with van der Waals surface area (Å²) in [6.07, 6.45) is 1.98. The third-order valence-corrected chi connectivity index (χ3v) is 3.38. The molecule has 1 aromatic rings. The van der Waals surface area contributed by atoms with Crippen molar-refractivity contribution < 1.29 is 24.4 Å². The first-order chi connectivity index (χ1) is 9.35. The fourth-order valence-electron chi connectivity index (χ4n) is 1.98. The van der Waals surface area contributed by atoms with Crippen LogP contribution in [0.5, 0.6) is 0 Å². The molecule has 5 N–H and O–H groups in total. The summed E-state index contributed by atoms with van der Waals surface area (Å²) in [6.45, 7) is -0.583. The topological polar surface area (TPSA) is 114 Å². The molecule has 0 amide bonds. The Labute approximate surface area is 118 Å². The molecule has 2 rings (SSSR count). The molecule has 20 heavy (non-hydrogen) atoms. The number of aliphatic hydroxyl groups is 3. The predicted molar refractivity (Wildman–Crippen MR) is 68.2 cm³/mol. The van der Waals surface area contributed by atoms with Crippen molar-refractivity contribution in [1.29, 1.82) is 0 Å². The molecular weight excluding hydrogens is 289 g/mol. The van der Waals surface area contributed by atoms with Crippen LogP contribution in [-0.2, 0) is 4.74 Å². The van der Waals surface area contributed by atoms with Crippen LogP contribution in [0.4, 0.5) is 10.2 Å². The Kier molecular flexibility index (Phi) is 3.77. The molecular formula is C11H12FN3O4S. The maximum absolute atomic E-state index is 13.5. The summed E-state index contributed by atoms with van der Waals surface area (Å²) in [5.74, 6) is 0.690. The van der Waals surface area contributed by atoms with Gasteiger partial charge in [-0.05, 0) is 12.2 Å². The van der Waals surface area contributed by atoms with E-state index in [0.29, 0.717) is 0 Å². The van der Waals surface area contributed by atoms with E-state index < -0.39 is 42.3 Å². The van der Waals surface area contributed by atoms with Crippen molar-refractivity contribution in [1.82, 2.24) is 9.55 Å². The van der Waals surface area contributed by atoms with Crippen LogP contribution >= 0.6 is 12.2 Å². The van der Waals surface area contributed by atoms with Gasteiger partial charge in [0.25, 0.3) is 0 Å². The zero-order valence-electron chi connectivity index (χ0n) is 10.1. The Morgan fingerprint density at radius 2 is 2.35 bits per heavy atom. The lowest BCUT2D eigenvalue weighted by Crippen LogP contribution is -2.46. The molecule has 7 nitrogen and oxygen atoms in total. The zero-order chi connectivity index (χ0) is 15.1. The second kappa shape index (κ2) is 5.08. The number of rotatable bonds is 2. The van der Waals surface area contributed by atoms with Crippen molar-refractivity contribution in [3.63, 3.8) is 0 Å². The van der Waals surface area contributed by atoms with Crippen LogP contribution in [0.15, 0.2) is 6.20 Å². The molecule has 0 bridgehead atoms. The predicted octanol–water partition coefficient (Wildman–Crippen LogP) is -1.05. The normalized spacial score (nSPS) is 33.0. The molecule has 1 saturated heterocycles. The molecule has 0 radical (unpaired) electrons. The average Bonchev–Trinajstić information content (AvgIpc) is 2.67. The Hall–Kier alpha value is -1.57. The van der Waals surface area contributed by atoms with E-state index in [2.05, 4.69) is 4.98 Å². The molecule has 9 heteroatoms. The van der Waals surface area contributed by atoms with Crippen LogP contribution in [0.1, 0.15) is 6.23 Å². The van der Waals surface area contributed by atoms with Gasteiger partial charge in [-0.15, -0.1) is 6.42 Å². The van der Waals surface area contributed by atoms with E-state index in [0.717, 1.165) is 10.8 Å². The highest BCUT2D eigenvalue weighted by molar-refractivity contribution is 7.71. The van der Waals surface area contributed by atoms with E-state index in [1.807, 2.05) is 5.92 Å². The number of nitrogen functional groups attached to an aromatic ring is 1. The third kappa shape index (κ3) is 2.07. The highest BCUT2D eigenvalue weighted by Gasteiger charge is 2.55. The van der Waals surface area contributed by atoms with Gasteiger partial charge in [-0.1, -0.05) is 5.92 Å². The second-order valence-corrected chi connectivity index (χ2v) is 4.65. The zero-order valence-corrected chi connectivity index (χ0v) is 10.9. The number of terminal acetylenes is 1. The van der Waals surface area contributed by atoms with Crippen LogP contribution < -0.4 is 5.73 Å². The van der Waals surface area contributed by atoms with Gasteiger partial charge in [-0.2, -0.15) is 4.98 Å². The van der Waals surface area contributed by atoms with Crippen molar-refractivity contribution in [2.75, 3.05) is 12.3 Å². The van der Waals surface area contributed by atoms with E-state index in [4.69, 9.17) is 34.2 Å². The molecule has 4 atom stereocenters. The number of nitrogens with two attached hydrogens (primary N) is 1. The van der Waals surface area contributed by atoms with Crippen LogP contribution in [-0.4, -0.2) is 49.3 Å². The van der Waals surface area contributed by atoms with E-state index in [1.165, 1.54) is 0 Å². The summed E-state index contributed by atoms with van der Waals surface area (Å²) in [5.41, 5.74) is 3.09. The number of hydrogen-bond acceptors (Lipinski definition) is 7. The molecule has 1 unspecified atom stereocenters. The Balaban J connectivity index is 2.55. The summed E-state index contributed by atoms with van der Waals surface area (Å²) in [4.78, 5) is 3.57. The molecule has 1 aliphatic heterocycles. The van der Waals surface area contributed by atoms with Gasteiger partial charge >= 0.3 is 0 Å². The Morgan fingerprint density at radius 1 is 1.70 bits per heavy atom. The Bertz CT molecular complexity index is 631. The monoisotopic (exact) mass is 301 g/mol. The van der Waals surface area contributed by atoms with Gasteiger partial charge in [0.2, 0.25) is 4.77 Å². The molecule has 1 aliphatic rings. The summed E-state index contributed by atoms with van der Waals surface area (Å²) in [5, 5.41) is 29.3. The second-order valence-electron chi connectivity index (χ2n) is 4.29. The van der Waals surface area contributed by atoms with Crippen LogP contribution in [0.3, 0.4) is 0 Å². The molecule has 1 fully saturated rings. The van der Waals surface area contributed by atoms with Crippen LogP contribution in [0.2, 0.25) is 0 Å². The summed E-state index contributed by atoms with van der Waals surface area (Å²) >= 11 is 4.90. The third-order valence-electron chi connectivity index (χ3n) is 3.08. The van der Waals surface area contributed by atoms with Gasteiger partial charge < -0.3 is 25.8 Å². The number of halogens is 1. The molecule has 2 heterocycles. The fourth-order valence-corrected chi connectivity index (χ4v) is 2.22. The van der Waals surface area contributed by atoms with Crippen LogP contribution in [0.25, 0.3) is 0 Å². The lowest BCUT2D eigenvalue weighted by molar-refractivity contribution is -0.0757. The molecule has 108 valence electrons. The van der Waals surface area contributed by atoms with E-state index in [9.17, 15) is 14.6 Å². The number of hydrogen-bond donors (Lipinski definition) is 4. The molecule has 1 aromatic heterocycles. The van der Waals surface area contributed by atoms with Gasteiger partial charge in [-0.3, -0.25) is 4.57 Å². The summed E-state index contributed by atoms with van der Waals surface area (Å²) in [7, 11) is 0.